The van der Waals surface area contributed by atoms with E-state index in [-0.39, 0.29) is 6.04 Å². The predicted molar refractivity (Wildman–Crippen MR) is 105 cm³/mol. The molecule has 0 unspecified atom stereocenters. The molecule has 2 N–H and O–H groups in total. The summed E-state index contributed by atoms with van der Waals surface area (Å²) in [6, 6.07) is 9.25. The van der Waals surface area contributed by atoms with E-state index in [1.54, 1.807) is 17.0 Å². The molecule has 3 rings (SSSR count). The maximum Gasteiger partial charge on any atom is 0.184 e. The fraction of sp³-hybridized carbons (Fsp3) is 0.714. The van der Waals surface area contributed by atoms with Gasteiger partial charge < -0.3 is 9.80 Å². The van der Waals surface area contributed by atoms with Crippen LogP contribution in [0.25, 0.3) is 0 Å². The summed E-state index contributed by atoms with van der Waals surface area (Å²) in [5.74, 6) is 1.90. The summed E-state index contributed by atoms with van der Waals surface area (Å²) in [7, 11) is -3.22. The average molecular weight is 381 g/mol. The first kappa shape index (κ1) is 19.8. The summed E-state index contributed by atoms with van der Waals surface area (Å²) in [6.45, 7) is 10.3. The van der Waals surface area contributed by atoms with Crippen molar-refractivity contribution < 1.29 is 18.2 Å². The van der Waals surface area contributed by atoms with Crippen LogP contribution >= 0.6 is 0 Å². The highest BCUT2D eigenvalue weighted by molar-refractivity contribution is 7.91. The number of hydrogen-bond acceptors (Lipinski definition) is 2. The van der Waals surface area contributed by atoms with Crippen LogP contribution in [0, 0.1) is 11.8 Å². The van der Waals surface area contributed by atoms with Crippen molar-refractivity contribution in [1.29, 1.82) is 0 Å². The van der Waals surface area contributed by atoms with Crippen LogP contribution in [0.5, 0.6) is 0 Å². The molecule has 2 aliphatic rings. The monoisotopic (exact) mass is 380 g/mol. The first-order chi connectivity index (χ1) is 12.4. The van der Waals surface area contributed by atoms with Crippen molar-refractivity contribution in [3.63, 3.8) is 0 Å². The Hall–Kier alpha value is -0.910. The zero-order valence-electron chi connectivity index (χ0n) is 16.4. The first-order valence-corrected chi connectivity index (χ1v) is 12.0. The van der Waals surface area contributed by atoms with Crippen molar-refractivity contribution in [2.45, 2.75) is 50.5 Å². The van der Waals surface area contributed by atoms with Crippen molar-refractivity contribution in [2.24, 2.45) is 11.8 Å². The summed E-state index contributed by atoms with van der Waals surface area (Å²) >= 11 is 0. The number of nitrogens with one attached hydrogen (secondary N) is 2. The quantitative estimate of drug-likeness (QED) is 0.753. The minimum atomic E-state index is -3.22. The van der Waals surface area contributed by atoms with E-state index in [4.69, 9.17) is 0 Å². The Morgan fingerprint density at radius 3 is 2.04 bits per heavy atom. The highest BCUT2D eigenvalue weighted by Gasteiger charge is 2.35. The zero-order valence-corrected chi connectivity index (χ0v) is 17.2. The van der Waals surface area contributed by atoms with Gasteiger partial charge in [0, 0.05) is 0 Å². The largest absolute Gasteiger partial charge is 0.330 e. The SMILES string of the molecule is CC1CC[NH+](C[C@H](CS(=O)(=O)c2ccccc2)[NH+]2CCC(C)CC2)CC1. The minimum Gasteiger partial charge on any atom is -0.330 e. The highest BCUT2D eigenvalue weighted by atomic mass is 32.2. The molecule has 5 heteroatoms. The van der Waals surface area contributed by atoms with Crippen molar-refractivity contribution >= 4 is 9.84 Å². The Morgan fingerprint density at radius 1 is 0.923 bits per heavy atom. The molecule has 0 amide bonds. The lowest BCUT2D eigenvalue weighted by atomic mass is 9.97. The molecule has 2 saturated heterocycles. The number of hydrogen-bond donors (Lipinski definition) is 2. The van der Waals surface area contributed by atoms with Gasteiger partial charge in [-0.1, -0.05) is 32.0 Å². The van der Waals surface area contributed by atoms with Gasteiger partial charge >= 0.3 is 0 Å². The molecule has 1 aromatic rings. The van der Waals surface area contributed by atoms with E-state index in [2.05, 4.69) is 13.8 Å². The first-order valence-electron chi connectivity index (χ1n) is 10.4. The molecule has 1 aromatic carbocycles. The third-order valence-electron chi connectivity index (χ3n) is 6.53. The van der Waals surface area contributed by atoms with Crippen LogP contribution in [0.4, 0.5) is 0 Å². The standard InChI is InChI=1S/C21H34N2O2S/c1-18-8-12-22(13-9-18)16-20(23-14-10-19(2)11-15-23)17-26(24,25)21-6-4-3-5-7-21/h3-7,18-20H,8-17H2,1-2H3/p+2/t20-/m1/s1. The van der Waals surface area contributed by atoms with Gasteiger partial charge in [0.1, 0.15) is 12.3 Å². The van der Waals surface area contributed by atoms with Crippen LogP contribution in [-0.4, -0.2) is 52.9 Å². The second-order valence-corrected chi connectivity index (χ2v) is 10.8. The lowest BCUT2D eigenvalue weighted by molar-refractivity contribution is -0.980. The lowest BCUT2D eigenvalue weighted by Gasteiger charge is -2.36. The minimum absolute atomic E-state index is 0.219. The van der Waals surface area contributed by atoms with Crippen LogP contribution < -0.4 is 9.80 Å². The van der Waals surface area contributed by atoms with Crippen molar-refractivity contribution in [3.8, 4) is 0 Å². The van der Waals surface area contributed by atoms with Gasteiger partial charge in [0.25, 0.3) is 0 Å². The number of quaternary nitrogens is 2. The number of sulfone groups is 1. The molecule has 2 aliphatic heterocycles. The van der Waals surface area contributed by atoms with E-state index in [0.717, 1.165) is 31.5 Å². The molecule has 4 nitrogen and oxygen atoms in total. The van der Waals surface area contributed by atoms with E-state index in [1.165, 1.54) is 43.7 Å². The van der Waals surface area contributed by atoms with E-state index >= 15 is 0 Å². The molecule has 0 aromatic heterocycles. The van der Waals surface area contributed by atoms with Gasteiger partial charge in [0.15, 0.2) is 15.9 Å². The van der Waals surface area contributed by atoms with Gasteiger partial charge in [0.05, 0.1) is 31.1 Å². The Morgan fingerprint density at radius 2 is 1.46 bits per heavy atom. The fourth-order valence-corrected chi connectivity index (χ4v) is 6.22. The number of rotatable bonds is 6. The van der Waals surface area contributed by atoms with Crippen LogP contribution in [0.2, 0.25) is 0 Å². The smallest absolute Gasteiger partial charge is 0.184 e. The van der Waals surface area contributed by atoms with E-state index in [0.29, 0.717) is 10.6 Å². The molecule has 2 heterocycles. The topological polar surface area (TPSA) is 43.0 Å². The molecule has 26 heavy (non-hydrogen) atoms. The van der Waals surface area contributed by atoms with Gasteiger partial charge in [-0.25, -0.2) is 8.42 Å². The summed E-state index contributed by atoms with van der Waals surface area (Å²) in [5.41, 5.74) is 0. The second kappa shape index (κ2) is 8.85. The van der Waals surface area contributed by atoms with Crippen LogP contribution in [0.1, 0.15) is 39.5 Å². The summed E-state index contributed by atoms with van der Waals surface area (Å²) in [5, 5.41) is 0. The Balaban J connectivity index is 1.72. The van der Waals surface area contributed by atoms with Crippen molar-refractivity contribution in [2.75, 3.05) is 38.5 Å². The lowest BCUT2D eigenvalue weighted by Crippen LogP contribution is -3.24. The summed E-state index contributed by atoms with van der Waals surface area (Å²) in [4.78, 5) is 3.62. The fourth-order valence-electron chi connectivity index (χ4n) is 4.57. The van der Waals surface area contributed by atoms with Gasteiger partial charge in [-0.05, 0) is 49.7 Å². The third-order valence-corrected chi connectivity index (χ3v) is 8.36. The van der Waals surface area contributed by atoms with Crippen LogP contribution in [0.3, 0.4) is 0 Å². The van der Waals surface area contributed by atoms with E-state index < -0.39 is 9.84 Å². The van der Waals surface area contributed by atoms with Gasteiger partial charge in [-0.3, -0.25) is 0 Å². The molecule has 1 atom stereocenters. The zero-order chi connectivity index (χ0) is 18.6. The maximum atomic E-state index is 13.0. The number of likely N-dealkylation sites (tertiary alicyclic amines) is 2. The highest BCUT2D eigenvalue weighted by Crippen LogP contribution is 2.12. The molecule has 0 aliphatic carbocycles. The molecule has 0 bridgehead atoms. The summed E-state index contributed by atoms with van der Waals surface area (Å²) < 4.78 is 26.0. The Bertz CT molecular complexity index is 646. The second-order valence-electron chi connectivity index (χ2n) is 8.77. The Kier molecular flexibility index (Phi) is 6.76. The normalized spacial score (nSPS) is 31.5. The molecular formula is C21H36N2O2S+2. The van der Waals surface area contributed by atoms with Crippen LogP contribution in [-0.2, 0) is 9.84 Å². The molecule has 0 radical (unpaired) electrons. The van der Waals surface area contributed by atoms with E-state index in [1.807, 2.05) is 18.2 Å². The van der Waals surface area contributed by atoms with Gasteiger partial charge in [-0.15, -0.1) is 0 Å². The molecule has 2 fully saturated rings. The van der Waals surface area contributed by atoms with Crippen molar-refractivity contribution in [1.82, 2.24) is 0 Å². The van der Waals surface area contributed by atoms with Crippen molar-refractivity contribution in [3.05, 3.63) is 30.3 Å². The Labute approximate surface area is 159 Å². The maximum absolute atomic E-state index is 13.0. The third kappa shape index (κ3) is 5.30. The summed E-state index contributed by atoms with van der Waals surface area (Å²) in [6.07, 6.45) is 5.01. The molecular weight excluding hydrogens is 344 g/mol. The van der Waals surface area contributed by atoms with Gasteiger partial charge in [0.2, 0.25) is 0 Å². The molecule has 146 valence electrons. The van der Waals surface area contributed by atoms with E-state index in [9.17, 15) is 8.42 Å². The molecule has 0 saturated carbocycles. The molecule has 0 spiro atoms. The predicted octanol–water partition coefficient (Wildman–Crippen LogP) is 0.459. The number of piperidine rings is 2. The van der Waals surface area contributed by atoms with Crippen LogP contribution in [0.15, 0.2) is 35.2 Å². The van der Waals surface area contributed by atoms with Gasteiger partial charge in [-0.2, -0.15) is 0 Å². The average Bonchev–Trinajstić information content (AvgIpc) is 2.64. The number of benzene rings is 1.